The van der Waals surface area contributed by atoms with Gasteiger partial charge in [0.25, 0.3) is 10.0 Å². The smallest absolute Gasteiger partial charge is 0.285 e. The Labute approximate surface area is 184 Å². The van der Waals surface area contributed by atoms with Crippen molar-refractivity contribution in [2.75, 3.05) is 20.2 Å². The molecule has 2 fully saturated rings. The normalized spacial score (nSPS) is 22.4. The highest BCUT2D eigenvalue weighted by molar-refractivity contribution is 8.00. The summed E-state index contributed by atoms with van der Waals surface area (Å²) in [5, 5.41) is 3.23. The molecule has 1 N–H and O–H groups in total. The van der Waals surface area contributed by atoms with Crippen molar-refractivity contribution in [3.05, 3.63) is 35.4 Å². The van der Waals surface area contributed by atoms with Crippen LogP contribution >= 0.6 is 0 Å². The van der Waals surface area contributed by atoms with Gasteiger partial charge in [0.2, 0.25) is 5.91 Å². The number of nitrogens with one attached hydrogen (secondary N) is 1. The van der Waals surface area contributed by atoms with Crippen molar-refractivity contribution in [1.29, 1.82) is 0 Å². The molecule has 0 radical (unpaired) electrons. The number of amidine groups is 1. The van der Waals surface area contributed by atoms with Gasteiger partial charge < -0.3 is 15.0 Å². The molecule has 1 saturated heterocycles. The summed E-state index contributed by atoms with van der Waals surface area (Å²) in [6.07, 6.45) is 7.24. The molecule has 0 atom stereocenters. The maximum atomic E-state index is 12.8. The molecule has 0 spiro atoms. The van der Waals surface area contributed by atoms with Crippen molar-refractivity contribution in [1.82, 2.24) is 10.2 Å². The van der Waals surface area contributed by atoms with Crippen molar-refractivity contribution < 1.29 is 17.9 Å². The summed E-state index contributed by atoms with van der Waals surface area (Å²) in [5.41, 5.74) is 1.27. The predicted octanol–water partition coefficient (Wildman–Crippen LogP) is 3.33. The summed E-state index contributed by atoms with van der Waals surface area (Å²) in [4.78, 5) is 14.9. The number of piperidine rings is 1. The first-order valence-corrected chi connectivity index (χ1v) is 12.6. The maximum Gasteiger partial charge on any atom is 0.285 e. The van der Waals surface area contributed by atoms with Crippen molar-refractivity contribution in [2.45, 2.75) is 57.9 Å². The van der Waals surface area contributed by atoms with Crippen LogP contribution in [0.4, 0.5) is 0 Å². The minimum Gasteiger partial charge on any atom is -0.497 e. The molecule has 168 valence electrons. The molecule has 31 heavy (non-hydrogen) atoms. The van der Waals surface area contributed by atoms with Gasteiger partial charge in [-0.1, -0.05) is 19.3 Å². The zero-order chi connectivity index (χ0) is 22.0. The average Bonchev–Trinajstić information content (AvgIpc) is 3.03. The highest BCUT2D eigenvalue weighted by Gasteiger charge is 2.36. The fourth-order valence-electron chi connectivity index (χ4n) is 4.85. The van der Waals surface area contributed by atoms with Gasteiger partial charge in [0, 0.05) is 30.6 Å². The Morgan fingerprint density at radius 1 is 1.06 bits per heavy atom. The van der Waals surface area contributed by atoms with E-state index in [1.165, 1.54) is 19.3 Å². The number of hydrogen-bond acceptors (Lipinski definition) is 5. The number of methoxy groups -OCH3 is 1. The summed E-state index contributed by atoms with van der Waals surface area (Å²) in [6, 6.07) is 7.31. The number of likely N-dealkylation sites (tertiary alicyclic amines) is 1. The van der Waals surface area contributed by atoms with Crippen LogP contribution in [-0.4, -0.2) is 51.3 Å². The number of nitrogens with zero attached hydrogens (tertiary/aromatic N) is 2. The molecule has 4 rings (SSSR count). The number of carbonyl (C=O) groups is 1. The van der Waals surface area contributed by atoms with Crippen LogP contribution < -0.4 is 10.1 Å². The summed E-state index contributed by atoms with van der Waals surface area (Å²) in [5.74, 6) is 1.32. The van der Waals surface area contributed by atoms with Crippen LogP contribution in [0.1, 0.15) is 57.4 Å². The molecule has 1 amide bonds. The standard InChI is InChI=1S/C23H31N3O4S/c1-16-21(17-8-10-20(30-2)11-9-17)31(28,29)25-22(16)26-14-12-18(13-15-26)23(27)24-19-6-4-3-5-7-19/h8-11,18-19H,3-7,12-15H2,1-2H3,(H,24,27). The molecular weight excluding hydrogens is 414 g/mol. The molecule has 1 saturated carbocycles. The highest BCUT2D eigenvalue weighted by Crippen LogP contribution is 2.35. The van der Waals surface area contributed by atoms with Crippen molar-refractivity contribution in [2.24, 2.45) is 10.3 Å². The Hall–Kier alpha value is -2.35. The van der Waals surface area contributed by atoms with Crippen molar-refractivity contribution >= 4 is 26.7 Å². The Bertz CT molecular complexity index is 984. The largest absolute Gasteiger partial charge is 0.497 e. The molecule has 1 aliphatic carbocycles. The van der Waals surface area contributed by atoms with Crippen LogP contribution in [0.3, 0.4) is 0 Å². The van der Waals surface area contributed by atoms with Crippen LogP contribution in [0, 0.1) is 5.92 Å². The predicted molar refractivity (Wildman–Crippen MR) is 121 cm³/mol. The van der Waals surface area contributed by atoms with E-state index in [2.05, 4.69) is 9.71 Å². The molecule has 0 unspecified atom stereocenters. The monoisotopic (exact) mass is 445 g/mol. The van der Waals surface area contributed by atoms with Gasteiger partial charge in [-0.2, -0.15) is 8.42 Å². The van der Waals surface area contributed by atoms with Crippen LogP contribution in [0.25, 0.3) is 4.91 Å². The number of amides is 1. The van der Waals surface area contributed by atoms with E-state index in [0.29, 0.717) is 54.7 Å². The molecule has 0 aromatic heterocycles. The second-order valence-electron chi connectivity index (χ2n) is 8.68. The molecule has 0 bridgehead atoms. The van der Waals surface area contributed by atoms with Crippen LogP contribution in [-0.2, 0) is 14.8 Å². The SMILES string of the molecule is COc1ccc(C2=C(C)C(N3CCC(C(=O)NC4CCCCC4)CC3)=NS2(=O)=O)cc1. The van der Waals surface area contributed by atoms with Crippen molar-refractivity contribution in [3.8, 4) is 5.75 Å². The maximum absolute atomic E-state index is 12.8. The number of sulfonamides is 1. The molecule has 1 aromatic carbocycles. The van der Waals surface area contributed by atoms with E-state index in [-0.39, 0.29) is 16.7 Å². The topological polar surface area (TPSA) is 88.1 Å². The van der Waals surface area contributed by atoms with E-state index in [0.717, 1.165) is 12.8 Å². The molecule has 8 heteroatoms. The third-order valence-electron chi connectivity index (χ3n) is 6.61. The Kier molecular flexibility index (Phi) is 6.36. The summed E-state index contributed by atoms with van der Waals surface area (Å²) >= 11 is 0. The second-order valence-corrected chi connectivity index (χ2v) is 10.2. The van der Waals surface area contributed by atoms with Gasteiger partial charge in [-0.3, -0.25) is 4.79 Å². The average molecular weight is 446 g/mol. The van der Waals surface area contributed by atoms with E-state index in [9.17, 15) is 13.2 Å². The lowest BCUT2D eigenvalue weighted by atomic mass is 9.92. The third-order valence-corrected chi connectivity index (χ3v) is 8.08. The third kappa shape index (κ3) is 4.63. The first kappa shape index (κ1) is 21.9. The van der Waals surface area contributed by atoms with Crippen molar-refractivity contribution in [3.63, 3.8) is 0 Å². The zero-order valence-electron chi connectivity index (χ0n) is 18.3. The quantitative estimate of drug-likeness (QED) is 0.768. The summed E-state index contributed by atoms with van der Waals surface area (Å²) in [7, 11) is -2.18. The first-order chi connectivity index (χ1) is 14.9. The van der Waals surface area contributed by atoms with E-state index < -0.39 is 10.0 Å². The van der Waals surface area contributed by atoms with Crippen LogP contribution in [0.5, 0.6) is 5.75 Å². The number of carbonyl (C=O) groups excluding carboxylic acids is 1. The number of rotatable bonds is 4. The van der Waals surface area contributed by atoms with Crippen LogP contribution in [0.2, 0.25) is 0 Å². The number of hydrogen-bond donors (Lipinski definition) is 1. The fourth-order valence-corrected chi connectivity index (χ4v) is 6.33. The Balaban J connectivity index is 1.43. The minimum absolute atomic E-state index is 0.0119. The molecule has 7 nitrogen and oxygen atoms in total. The van der Waals surface area contributed by atoms with Gasteiger partial charge in [-0.05, 0) is 62.4 Å². The lowest BCUT2D eigenvalue weighted by molar-refractivity contribution is -0.127. The first-order valence-electron chi connectivity index (χ1n) is 11.1. The summed E-state index contributed by atoms with van der Waals surface area (Å²) in [6.45, 7) is 3.07. The lowest BCUT2D eigenvalue weighted by Crippen LogP contribution is -2.45. The molecule has 3 aliphatic rings. The van der Waals surface area contributed by atoms with Gasteiger partial charge >= 0.3 is 0 Å². The highest BCUT2D eigenvalue weighted by atomic mass is 32.2. The fraction of sp³-hybridized carbons (Fsp3) is 0.565. The van der Waals surface area contributed by atoms with E-state index in [1.807, 2.05) is 11.8 Å². The molecule has 2 heterocycles. The zero-order valence-corrected chi connectivity index (χ0v) is 19.1. The molecule has 1 aromatic rings. The minimum atomic E-state index is -3.75. The van der Waals surface area contributed by atoms with Gasteiger partial charge in [-0.15, -0.1) is 4.40 Å². The van der Waals surface area contributed by atoms with E-state index in [4.69, 9.17) is 4.74 Å². The Morgan fingerprint density at radius 3 is 2.32 bits per heavy atom. The van der Waals surface area contributed by atoms with Crippen LogP contribution in [0.15, 0.2) is 34.2 Å². The summed E-state index contributed by atoms with van der Waals surface area (Å²) < 4.78 is 34.9. The van der Waals surface area contributed by atoms with Gasteiger partial charge in [0.15, 0.2) is 0 Å². The van der Waals surface area contributed by atoms with Gasteiger partial charge in [0.05, 0.1) is 7.11 Å². The van der Waals surface area contributed by atoms with Gasteiger partial charge in [-0.25, -0.2) is 0 Å². The van der Waals surface area contributed by atoms with Gasteiger partial charge in [0.1, 0.15) is 16.5 Å². The number of ether oxygens (including phenoxy) is 1. The lowest BCUT2D eigenvalue weighted by Gasteiger charge is -2.34. The van der Waals surface area contributed by atoms with E-state index in [1.54, 1.807) is 31.4 Å². The molecular formula is C23H31N3O4S. The second kappa shape index (κ2) is 9.02. The van der Waals surface area contributed by atoms with E-state index >= 15 is 0 Å². The Morgan fingerprint density at radius 2 is 1.71 bits per heavy atom. The number of benzene rings is 1. The molecule has 2 aliphatic heterocycles.